The number of rotatable bonds is 5. The van der Waals surface area contributed by atoms with Gasteiger partial charge in [0, 0.05) is 24.0 Å². The zero-order chi connectivity index (χ0) is 15.5. The molecule has 0 radical (unpaired) electrons. The molecule has 0 aliphatic carbocycles. The molecule has 21 heavy (non-hydrogen) atoms. The van der Waals surface area contributed by atoms with Crippen molar-refractivity contribution in [1.82, 2.24) is 9.71 Å². The molecule has 1 aromatic carbocycles. The number of sulfonamides is 1. The van der Waals surface area contributed by atoms with Crippen LogP contribution in [-0.4, -0.2) is 18.5 Å². The van der Waals surface area contributed by atoms with Crippen molar-refractivity contribution in [2.24, 2.45) is 0 Å². The summed E-state index contributed by atoms with van der Waals surface area (Å²) in [5.41, 5.74) is 0.701. The molecule has 2 aromatic rings. The maximum atomic E-state index is 13.3. The van der Waals surface area contributed by atoms with Crippen molar-refractivity contribution in [3.05, 3.63) is 59.7 Å². The molecular formula is C14H15FN2O3S. The van der Waals surface area contributed by atoms with Crippen LogP contribution in [0.5, 0.6) is 0 Å². The number of pyridine rings is 1. The van der Waals surface area contributed by atoms with Gasteiger partial charge in [0.1, 0.15) is 5.82 Å². The molecular weight excluding hydrogens is 295 g/mol. The SMILES string of the molecule is CC(NS(=O)(=O)c1ccc(F)c(CO)c1)c1ccncc1. The Labute approximate surface area is 122 Å². The molecule has 0 amide bonds. The van der Waals surface area contributed by atoms with E-state index in [0.29, 0.717) is 0 Å². The number of nitrogens with zero attached hydrogens (tertiary/aromatic N) is 1. The minimum atomic E-state index is -3.81. The lowest BCUT2D eigenvalue weighted by Gasteiger charge is -2.15. The number of hydrogen-bond acceptors (Lipinski definition) is 4. The third kappa shape index (κ3) is 3.63. The maximum absolute atomic E-state index is 13.3. The summed E-state index contributed by atoms with van der Waals surface area (Å²) in [5, 5.41) is 9.01. The highest BCUT2D eigenvalue weighted by Crippen LogP contribution is 2.18. The van der Waals surface area contributed by atoms with E-state index in [-0.39, 0.29) is 10.5 Å². The Morgan fingerprint density at radius 3 is 2.57 bits per heavy atom. The van der Waals surface area contributed by atoms with Crippen molar-refractivity contribution in [2.45, 2.75) is 24.5 Å². The van der Waals surface area contributed by atoms with Gasteiger partial charge in [0.25, 0.3) is 0 Å². The Hall–Kier alpha value is -1.83. The lowest BCUT2D eigenvalue weighted by Crippen LogP contribution is -2.27. The van der Waals surface area contributed by atoms with E-state index in [1.54, 1.807) is 31.5 Å². The van der Waals surface area contributed by atoms with Crippen molar-refractivity contribution < 1.29 is 17.9 Å². The second-order valence-electron chi connectivity index (χ2n) is 4.53. The summed E-state index contributed by atoms with van der Waals surface area (Å²) in [6.07, 6.45) is 3.14. The first-order valence-corrected chi connectivity index (χ1v) is 7.74. The largest absolute Gasteiger partial charge is 0.392 e. The Morgan fingerprint density at radius 2 is 1.95 bits per heavy atom. The second-order valence-corrected chi connectivity index (χ2v) is 6.25. The Bertz CT molecular complexity index is 720. The number of nitrogens with one attached hydrogen (secondary N) is 1. The zero-order valence-corrected chi connectivity index (χ0v) is 12.1. The van der Waals surface area contributed by atoms with Crippen LogP contribution in [0.2, 0.25) is 0 Å². The Morgan fingerprint density at radius 1 is 1.29 bits per heavy atom. The molecule has 0 aliphatic rings. The van der Waals surface area contributed by atoms with Crippen LogP contribution >= 0.6 is 0 Å². The van der Waals surface area contributed by atoms with E-state index in [2.05, 4.69) is 9.71 Å². The molecule has 1 unspecified atom stereocenters. The van der Waals surface area contributed by atoms with E-state index in [1.807, 2.05) is 0 Å². The predicted octanol–water partition coefficient (Wildman–Crippen LogP) is 1.75. The van der Waals surface area contributed by atoms with Gasteiger partial charge in [0.2, 0.25) is 10.0 Å². The van der Waals surface area contributed by atoms with E-state index in [4.69, 9.17) is 5.11 Å². The van der Waals surface area contributed by atoms with Gasteiger partial charge >= 0.3 is 0 Å². The van der Waals surface area contributed by atoms with E-state index in [1.165, 1.54) is 0 Å². The van der Waals surface area contributed by atoms with E-state index in [0.717, 1.165) is 23.8 Å². The summed E-state index contributed by atoms with van der Waals surface area (Å²) in [6.45, 7) is 1.14. The van der Waals surface area contributed by atoms with Crippen LogP contribution in [-0.2, 0) is 16.6 Å². The van der Waals surface area contributed by atoms with Crippen molar-refractivity contribution in [1.29, 1.82) is 0 Å². The summed E-state index contributed by atoms with van der Waals surface area (Å²) in [6, 6.07) is 6.26. The third-order valence-corrected chi connectivity index (χ3v) is 4.57. The van der Waals surface area contributed by atoms with E-state index < -0.39 is 28.5 Å². The monoisotopic (exact) mass is 310 g/mol. The molecule has 112 valence electrons. The minimum Gasteiger partial charge on any atom is -0.392 e. The van der Waals surface area contributed by atoms with Gasteiger partial charge in [-0.3, -0.25) is 4.98 Å². The first-order valence-electron chi connectivity index (χ1n) is 6.25. The van der Waals surface area contributed by atoms with Crippen molar-refractivity contribution in [3.63, 3.8) is 0 Å². The molecule has 0 bridgehead atoms. The molecule has 0 saturated heterocycles. The van der Waals surface area contributed by atoms with E-state index in [9.17, 15) is 12.8 Å². The average Bonchev–Trinajstić information content (AvgIpc) is 2.48. The molecule has 0 aliphatic heterocycles. The Balaban J connectivity index is 2.26. The smallest absolute Gasteiger partial charge is 0.241 e. The second kappa shape index (κ2) is 6.30. The standard InChI is InChI=1S/C14H15FN2O3S/c1-10(11-4-6-16-7-5-11)17-21(19,20)13-2-3-14(15)12(8-13)9-18/h2-8,10,17-18H,9H2,1H3. The average molecular weight is 310 g/mol. The van der Waals surface area contributed by atoms with Gasteiger partial charge in [-0.2, -0.15) is 0 Å². The number of aliphatic hydroxyl groups excluding tert-OH is 1. The molecule has 1 atom stereocenters. The van der Waals surface area contributed by atoms with Crippen LogP contribution < -0.4 is 4.72 Å². The molecule has 0 fully saturated rings. The maximum Gasteiger partial charge on any atom is 0.241 e. The van der Waals surface area contributed by atoms with Gasteiger partial charge in [-0.05, 0) is 42.8 Å². The summed E-state index contributed by atoms with van der Waals surface area (Å²) >= 11 is 0. The fourth-order valence-electron chi connectivity index (χ4n) is 1.86. The topological polar surface area (TPSA) is 79.3 Å². The molecule has 7 heteroatoms. The van der Waals surface area contributed by atoms with Gasteiger partial charge < -0.3 is 5.11 Å². The molecule has 1 heterocycles. The highest BCUT2D eigenvalue weighted by Gasteiger charge is 2.19. The van der Waals surface area contributed by atoms with Crippen LogP contribution in [0.15, 0.2) is 47.6 Å². The first kappa shape index (κ1) is 15.6. The summed E-state index contributed by atoms with van der Waals surface area (Å²) in [4.78, 5) is 3.78. The van der Waals surface area contributed by atoms with Crippen LogP contribution in [0, 0.1) is 5.82 Å². The van der Waals surface area contributed by atoms with Gasteiger partial charge in [-0.15, -0.1) is 0 Å². The molecule has 1 aromatic heterocycles. The summed E-state index contributed by atoms with van der Waals surface area (Å²) < 4.78 is 40.3. The summed E-state index contributed by atoms with van der Waals surface area (Å²) in [7, 11) is -3.81. The number of hydrogen-bond donors (Lipinski definition) is 2. The molecule has 5 nitrogen and oxygen atoms in total. The lowest BCUT2D eigenvalue weighted by molar-refractivity contribution is 0.275. The predicted molar refractivity (Wildman–Crippen MR) is 75.3 cm³/mol. The normalized spacial score (nSPS) is 13.1. The molecule has 2 rings (SSSR count). The van der Waals surface area contributed by atoms with Crippen molar-refractivity contribution in [3.8, 4) is 0 Å². The molecule has 0 saturated carbocycles. The zero-order valence-electron chi connectivity index (χ0n) is 11.3. The molecule has 2 N–H and O–H groups in total. The lowest BCUT2D eigenvalue weighted by atomic mass is 10.1. The van der Waals surface area contributed by atoms with Crippen LogP contribution in [0.25, 0.3) is 0 Å². The van der Waals surface area contributed by atoms with Gasteiger partial charge in [-0.25, -0.2) is 17.5 Å². The Kier molecular flexibility index (Phi) is 4.66. The van der Waals surface area contributed by atoms with Gasteiger partial charge in [-0.1, -0.05) is 0 Å². The number of aliphatic hydroxyl groups is 1. The van der Waals surface area contributed by atoms with Gasteiger partial charge in [0.15, 0.2) is 0 Å². The van der Waals surface area contributed by atoms with Crippen molar-refractivity contribution >= 4 is 10.0 Å². The summed E-state index contributed by atoms with van der Waals surface area (Å²) in [5.74, 6) is -0.640. The number of halogens is 1. The molecule has 0 spiro atoms. The fraction of sp³-hybridized carbons (Fsp3) is 0.214. The quantitative estimate of drug-likeness (QED) is 0.882. The first-order chi connectivity index (χ1) is 9.94. The van der Waals surface area contributed by atoms with Crippen molar-refractivity contribution in [2.75, 3.05) is 0 Å². The van der Waals surface area contributed by atoms with Crippen LogP contribution in [0.3, 0.4) is 0 Å². The minimum absolute atomic E-state index is 0.0607. The fourth-order valence-corrected chi connectivity index (χ4v) is 3.14. The number of benzene rings is 1. The van der Waals surface area contributed by atoms with E-state index >= 15 is 0 Å². The third-order valence-electron chi connectivity index (χ3n) is 3.04. The number of aromatic nitrogens is 1. The highest BCUT2D eigenvalue weighted by molar-refractivity contribution is 7.89. The van der Waals surface area contributed by atoms with Crippen LogP contribution in [0.1, 0.15) is 24.1 Å². The van der Waals surface area contributed by atoms with Crippen LogP contribution in [0.4, 0.5) is 4.39 Å². The van der Waals surface area contributed by atoms with Gasteiger partial charge in [0.05, 0.1) is 11.5 Å². The highest BCUT2D eigenvalue weighted by atomic mass is 32.2.